The first-order valence-electron chi connectivity index (χ1n) is 7.09. The van der Waals surface area contributed by atoms with Gasteiger partial charge in [0, 0.05) is 13.1 Å². The summed E-state index contributed by atoms with van der Waals surface area (Å²) in [6.07, 6.45) is 2.75. The molecule has 2 rings (SSSR count). The molecule has 1 atom stereocenters. The average molecular weight is 332 g/mol. The lowest BCUT2D eigenvalue weighted by Gasteiger charge is -2.27. The van der Waals surface area contributed by atoms with E-state index in [1.54, 1.807) is 24.3 Å². The first-order valence-corrected chi connectivity index (χ1v) is 8.91. The summed E-state index contributed by atoms with van der Waals surface area (Å²) in [6.45, 7) is 0.0457. The molecule has 1 heterocycles. The van der Waals surface area contributed by atoms with E-state index in [-0.39, 0.29) is 24.6 Å². The third kappa shape index (κ3) is 4.50. The number of ketones is 1. The summed E-state index contributed by atoms with van der Waals surface area (Å²) in [5, 5.41) is 9.13. The fourth-order valence-electron chi connectivity index (χ4n) is 2.19. The van der Waals surface area contributed by atoms with Crippen LogP contribution in [0.15, 0.2) is 36.4 Å². The van der Waals surface area contributed by atoms with Crippen molar-refractivity contribution in [3.8, 4) is 6.07 Å². The minimum atomic E-state index is -3.12. The summed E-state index contributed by atoms with van der Waals surface area (Å²) in [5.41, 5.74) is 0.786. The number of carbonyl (C=O) groups is 2. The maximum Gasteiger partial charge on any atom is 0.247 e. The number of sulfone groups is 1. The van der Waals surface area contributed by atoms with Gasteiger partial charge in [-0.3, -0.25) is 9.59 Å². The largest absolute Gasteiger partial charge is 0.339 e. The number of amides is 1. The maximum absolute atomic E-state index is 12.2. The van der Waals surface area contributed by atoms with Gasteiger partial charge in [0.15, 0.2) is 21.5 Å². The first-order chi connectivity index (χ1) is 10.9. The Bertz CT molecular complexity index is 749. The Labute approximate surface area is 134 Å². The van der Waals surface area contributed by atoms with Crippen LogP contribution in [0.1, 0.15) is 5.56 Å². The summed E-state index contributed by atoms with van der Waals surface area (Å²) in [7, 11) is -3.12. The van der Waals surface area contributed by atoms with Crippen LogP contribution in [0.5, 0.6) is 0 Å². The van der Waals surface area contributed by atoms with Crippen molar-refractivity contribution in [2.75, 3.05) is 24.6 Å². The number of hydrogen-bond acceptors (Lipinski definition) is 5. The Balaban J connectivity index is 2.04. The van der Waals surface area contributed by atoms with E-state index < -0.39 is 27.4 Å². The quantitative estimate of drug-likeness (QED) is 0.596. The van der Waals surface area contributed by atoms with Gasteiger partial charge in [0.2, 0.25) is 5.91 Å². The van der Waals surface area contributed by atoms with E-state index in [0.717, 1.165) is 5.56 Å². The molecule has 0 unspecified atom stereocenters. The Morgan fingerprint density at radius 1 is 1.17 bits per heavy atom. The summed E-state index contributed by atoms with van der Waals surface area (Å²) in [5.74, 6) is -2.94. The minimum Gasteiger partial charge on any atom is -0.339 e. The van der Waals surface area contributed by atoms with Crippen LogP contribution in [0.2, 0.25) is 0 Å². The highest BCUT2D eigenvalue weighted by Crippen LogP contribution is 2.11. The smallest absolute Gasteiger partial charge is 0.247 e. The molecule has 1 aliphatic heterocycles. The van der Waals surface area contributed by atoms with Crippen LogP contribution in [0, 0.1) is 17.2 Å². The molecule has 0 aromatic heterocycles. The van der Waals surface area contributed by atoms with E-state index in [2.05, 4.69) is 0 Å². The average Bonchev–Trinajstić information content (AvgIpc) is 2.54. The molecule has 1 aliphatic rings. The molecule has 0 radical (unpaired) electrons. The van der Waals surface area contributed by atoms with Gasteiger partial charge in [-0.15, -0.1) is 0 Å². The summed E-state index contributed by atoms with van der Waals surface area (Å²) in [4.78, 5) is 25.6. The van der Waals surface area contributed by atoms with Gasteiger partial charge in [-0.2, -0.15) is 5.26 Å². The third-order valence-electron chi connectivity index (χ3n) is 3.56. The number of rotatable bonds is 4. The number of nitrogens with zero attached hydrogens (tertiary/aromatic N) is 2. The molecule has 0 aliphatic carbocycles. The lowest BCUT2D eigenvalue weighted by atomic mass is 10.0. The SMILES string of the molecule is N#C[C@H](C(=O)/C=C\c1ccccc1)C(=O)N1CCS(=O)(=O)CC1. The van der Waals surface area contributed by atoms with Crippen LogP contribution in [0.4, 0.5) is 0 Å². The fraction of sp³-hybridized carbons (Fsp3) is 0.312. The molecule has 1 saturated heterocycles. The lowest BCUT2D eigenvalue weighted by Crippen LogP contribution is -2.47. The second-order valence-electron chi connectivity index (χ2n) is 5.19. The predicted molar refractivity (Wildman–Crippen MR) is 84.8 cm³/mol. The van der Waals surface area contributed by atoms with E-state index in [0.29, 0.717) is 0 Å². The Morgan fingerprint density at radius 2 is 1.78 bits per heavy atom. The zero-order chi connectivity index (χ0) is 16.9. The van der Waals surface area contributed by atoms with E-state index in [1.807, 2.05) is 18.2 Å². The van der Waals surface area contributed by atoms with E-state index in [9.17, 15) is 18.0 Å². The van der Waals surface area contributed by atoms with Gasteiger partial charge < -0.3 is 4.90 Å². The Morgan fingerprint density at radius 3 is 2.35 bits per heavy atom. The van der Waals surface area contributed by atoms with Gasteiger partial charge in [-0.1, -0.05) is 36.4 Å². The molecule has 0 bridgehead atoms. The van der Waals surface area contributed by atoms with Crippen molar-refractivity contribution in [3.05, 3.63) is 42.0 Å². The highest BCUT2D eigenvalue weighted by Gasteiger charge is 2.32. The van der Waals surface area contributed by atoms with Gasteiger partial charge in [-0.25, -0.2) is 8.42 Å². The van der Waals surface area contributed by atoms with Gasteiger partial charge in [0.05, 0.1) is 17.6 Å². The molecule has 0 saturated carbocycles. The molecule has 23 heavy (non-hydrogen) atoms. The molecule has 7 heteroatoms. The number of nitriles is 1. The van der Waals surface area contributed by atoms with Gasteiger partial charge in [0.25, 0.3) is 0 Å². The van der Waals surface area contributed by atoms with Crippen LogP contribution in [-0.4, -0.2) is 49.6 Å². The van der Waals surface area contributed by atoms with Crippen LogP contribution in [0.3, 0.4) is 0 Å². The van der Waals surface area contributed by atoms with Crippen LogP contribution in [-0.2, 0) is 19.4 Å². The highest BCUT2D eigenvalue weighted by atomic mass is 32.2. The van der Waals surface area contributed by atoms with E-state index in [4.69, 9.17) is 5.26 Å². The molecule has 6 nitrogen and oxygen atoms in total. The predicted octanol–water partition coefficient (Wildman–Crippen LogP) is 0.666. The Hall–Kier alpha value is -2.46. The molecule has 1 aromatic rings. The molecule has 1 amide bonds. The third-order valence-corrected chi connectivity index (χ3v) is 5.17. The van der Waals surface area contributed by atoms with Gasteiger partial charge in [-0.05, 0) is 11.6 Å². The molecule has 120 valence electrons. The standard InChI is InChI=1S/C16H16N2O4S/c17-12-14(15(19)7-6-13-4-2-1-3-5-13)16(20)18-8-10-23(21,22)11-9-18/h1-7,14H,8-11H2/b7-6-/t14-/m1/s1. The second-order valence-corrected chi connectivity index (χ2v) is 7.49. The van der Waals surface area contributed by atoms with Crippen LogP contribution >= 0.6 is 0 Å². The molecule has 1 aromatic carbocycles. The zero-order valence-corrected chi connectivity index (χ0v) is 13.2. The van der Waals surface area contributed by atoms with Crippen molar-refractivity contribution in [1.29, 1.82) is 5.26 Å². The Kier molecular flexibility index (Phi) is 5.29. The summed E-state index contributed by atoms with van der Waals surface area (Å²) in [6, 6.07) is 10.8. The topological polar surface area (TPSA) is 95.3 Å². The van der Waals surface area contributed by atoms with Gasteiger partial charge >= 0.3 is 0 Å². The van der Waals surface area contributed by atoms with E-state index in [1.165, 1.54) is 11.0 Å². The number of hydrogen-bond donors (Lipinski definition) is 0. The van der Waals surface area contributed by atoms with Crippen molar-refractivity contribution in [2.24, 2.45) is 5.92 Å². The van der Waals surface area contributed by atoms with Crippen molar-refractivity contribution in [3.63, 3.8) is 0 Å². The van der Waals surface area contributed by atoms with Crippen molar-refractivity contribution < 1.29 is 18.0 Å². The first kappa shape index (κ1) is 16.9. The molecular formula is C16H16N2O4S. The molecule has 0 spiro atoms. The summed E-state index contributed by atoms with van der Waals surface area (Å²) < 4.78 is 22.7. The molecule has 0 N–H and O–H groups in total. The maximum atomic E-state index is 12.2. The fourth-order valence-corrected chi connectivity index (χ4v) is 3.40. The van der Waals surface area contributed by atoms with Crippen LogP contribution in [0.25, 0.3) is 6.08 Å². The normalized spacial score (nSPS) is 18.3. The minimum absolute atomic E-state index is 0.0228. The van der Waals surface area contributed by atoms with Crippen molar-refractivity contribution in [1.82, 2.24) is 4.90 Å². The number of benzene rings is 1. The zero-order valence-electron chi connectivity index (χ0n) is 12.4. The highest BCUT2D eigenvalue weighted by molar-refractivity contribution is 7.91. The number of carbonyl (C=O) groups excluding carboxylic acids is 2. The molecular weight excluding hydrogens is 316 g/mol. The van der Waals surface area contributed by atoms with Crippen LogP contribution < -0.4 is 0 Å². The lowest BCUT2D eigenvalue weighted by molar-refractivity contribution is -0.137. The number of allylic oxidation sites excluding steroid dienone is 1. The summed E-state index contributed by atoms with van der Waals surface area (Å²) >= 11 is 0. The van der Waals surface area contributed by atoms with E-state index >= 15 is 0 Å². The van der Waals surface area contributed by atoms with Crippen molar-refractivity contribution >= 4 is 27.6 Å². The monoisotopic (exact) mass is 332 g/mol. The second kappa shape index (κ2) is 7.20. The van der Waals surface area contributed by atoms with Crippen molar-refractivity contribution in [2.45, 2.75) is 0 Å². The van der Waals surface area contributed by atoms with Gasteiger partial charge in [0.1, 0.15) is 0 Å². The molecule has 1 fully saturated rings.